The predicted octanol–water partition coefficient (Wildman–Crippen LogP) is 4.42. The molecule has 2 atom stereocenters. The molecule has 196 valence electrons. The van der Waals surface area contributed by atoms with Gasteiger partial charge in [0.2, 0.25) is 5.16 Å². The molecule has 0 spiro atoms. The zero-order chi connectivity index (χ0) is 27.0. The molecule has 0 amide bonds. The molecule has 1 fully saturated rings. The number of aromatic nitrogens is 2. The Balaban J connectivity index is 1.80. The molecule has 8 nitrogen and oxygen atoms in total. The Morgan fingerprint density at radius 2 is 2.11 bits per heavy atom. The minimum Gasteiger partial charge on any atom is -0.468 e. The zero-order valence-electron chi connectivity index (χ0n) is 21.2. The number of aryl methyl sites for hydroxylation is 1. The fourth-order valence-corrected chi connectivity index (χ4v) is 5.31. The molecule has 38 heavy (non-hydrogen) atoms. The molecule has 2 unspecified atom stereocenters. The van der Waals surface area contributed by atoms with Crippen LogP contribution in [-0.2, 0) is 15.5 Å². The first-order chi connectivity index (χ1) is 18.3. The topological polar surface area (TPSA) is 94.8 Å². The van der Waals surface area contributed by atoms with E-state index in [1.54, 1.807) is 31.2 Å². The molecule has 0 N–H and O–H groups in total. The highest BCUT2D eigenvalue weighted by molar-refractivity contribution is 7.84. The van der Waals surface area contributed by atoms with Gasteiger partial charge in [0, 0.05) is 48.9 Å². The molecule has 10 heteroatoms. The van der Waals surface area contributed by atoms with Crippen molar-refractivity contribution in [2.45, 2.75) is 24.9 Å². The van der Waals surface area contributed by atoms with Crippen LogP contribution in [0.25, 0.3) is 33.0 Å². The average Bonchev–Trinajstić information content (AvgIpc) is 2.92. The summed E-state index contributed by atoms with van der Waals surface area (Å²) >= 11 is 0. The van der Waals surface area contributed by atoms with Crippen LogP contribution in [0.5, 0.6) is 5.75 Å². The van der Waals surface area contributed by atoms with Crippen LogP contribution in [0, 0.1) is 31.0 Å². The van der Waals surface area contributed by atoms with Crippen molar-refractivity contribution >= 4 is 38.3 Å². The number of halogens is 1. The lowest BCUT2D eigenvalue weighted by Gasteiger charge is -2.31. The predicted molar refractivity (Wildman–Crippen MR) is 144 cm³/mol. The van der Waals surface area contributed by atoms with Crippen LogP contribution < -0.4 is 15.3 Å². The number of ether oxygens (including phenoxy) is 2. The van der Waals surface area contributed by atoms with Crippen molar-refractivity contribution in [3.63, 3.8) is 0 Å². The van der Waals surface area contributed by atoms with Crippen LogP contribution in [0.4, 0.5) is 10.2 Å². The highest BCUT2D eigenvalue weighted by atomic mass is 32.2. The van der Waals surface area contributed by atoms with Gasteiger partial charge in [0.15, 0.2) is 6.79 Å². The largest absolute Gasteiger partial charge is 0.468 e. The Labute approximate surface area is 221 Å². The van der Waals surface area contributed by atoms with Gasteiger partial charge in [-0.3, -0.25) is 4.21 Å². The van der Waals surface area contributed by atoms with Crippen molar-refractivity contribution in [1.29, 1.82) is 0 Å². The Hall–Kier alpha value is -3.81. The Morgan fingerprint density at radius 3 is 2.84 bits per heavy atom. The van der Waals surface area contributed by atoms with Crippen LogP contribution in [0.2, 0.25) is 0 Å². The van der Waals surface area contributed by atoms with Gasteiger partial charge in [-0.2, -0.15) is 0 Å². The third-order valence-electron chi connectivity index (χ3n) is 6.67. The summed E-state index contributed by atoms with van der Waals surface area (Å²) in [4.78, 5) is 24.5. The maximum atomic E-state index is 15.1. The molecule has 0 bridgehead atoms. The summed E-state index contributed by atoms with van der Waals surface area (Å²) in [6.07, 6.45) is 8.87. The van der Waals surface area contributed by atoms with E-state index in [1.165, 1.54) is 19.4 Å². The standard InChI is InChI=1S/C28H26FN3O5S/c1-5-17-8-7-11-32(14-17)26-23-24(30-28(31-26)38(4)34)16(2)25(37-27(23)33)20-13-19(36-15-35-3)12-18-9-6-10-21(29)22(18)20/h1,6,9-10,12-13,17H,7-8,11,14-15H2,2-4H3. The highest BCUT2D eigenvalue weighted by Crippen LogP contribution is 2.38. The molecule has 1 saturated heterocycles. The van der Waals surface area contributed by atoms with Gasteiger partial charge >= 0.3 is 5.63 Å². The van der Waals surface area contributed by atoms with E-state index in [2.05, 4.69) is 15.9 Å². The Kier molecular flexibility index (Phi) is 7.15. The van der Waals surface area contributed by atoms with E-state index >= 15 is 4.39 Å². The third-order valence-corrected chi connectivity index (χ3v) is 7.36. The van der Waals surface area contributed by atoms with E-state index in [1.807, 2.05) is 4.90 Å². The number of terminal acetylenes is 1. The van der Waals surface area contributed by atoms with Crippen LogP contribution in [-0.4, -0.2) is 47.4 Å². The van der Waals surface area contributed by atoms with Gasteiger partial charge in [-0.1, -0.05) is 12.1 Å². The van der Waals surface area contributed by atoms with E-state index in [0.717, 1.165) is 12.8 Å². The van der Waals surface area contributed by atoms with E-state index in [4.69, 9.17) is 20.3 Å². The van der Waals surface area contributed by atoms with Gasteiger partial charge in [-0.15, -0.1) is 12.3 Å². The lowest BCUT2D eigenvalue weighted by molar-refractivity contribution is 0.0512. The monoisotopic (exact) mass is 535 g/mol. The molecule has 2 aromatic carbocycles. The molecule has 1 aliphatic heterocycles. The Bertz CT molecular complexity index is 1680. The van der Waals surface area contributed by atoms with E-state index in [0.29, 0.717) is 46.7 Å². The highest BCUT2D eigenvalue weighted by Gasteiger charge is 2.27. The van der Waals surface area contributed by atoms with E-state index in [-0.39, 0.29) is 34.4 Å². The molecule has 0 aliphatic carbocycles. The quantitative estimate of drug-likeness (QED) is 0.204. The second-order valence-corrected chi connectivity index (χ2v) is 10.4. The summed E-state index contributed by atoms with van der Waals surface area (Å²) in [5, 5.41) is 1.09. The van der Waals surface area contributed by atoms with Crippen LogP contribution >= 0.6 is 0 Å². The van der Waals surface area contributed by atoms with Crippen molar-refractivity contribution in [3.8, 4) is 29.4 Å². The summed E-state index contributed by atoms with van der Waals surface area (Å²) in [5.41, 5.74) is 0.420. The van der Waals surface area contributed by atoms with Crippen LogP contribution in [0.1, 0.15) is 18.4 Å². The molecule has 1 aliphatic rings. The van der Waals surface area contributed by atoms with Crippen molar-refractivity contribution in [2.24, 2.45) is 5.92 Å². The van der Waals surface area contributed by atoms with Gasteiger partial charge in [-0.05, 0) is 43.4 Å². The van der Waals surface area contributed by atoms with E-state index < -0.39 is 22.2 Å². The van der Waals surface area contributed by atoms with Crippen molar-refractivity contribution in [3.05, 3.63) is 52.1 Å². The molecular weight excluding hydrogens is 509 g/mol. The molecule has 4 aromatic rings. The van der Waals surface area contributed by atoms with Crippen LogP contribution in [0.3, 0.4) is 0 Å². The average molecular weight is 536 g/mol. The lowest BCUT2D eigenvalue weighted by atomic mass is 9.97. The van der Waals surface area contributed by atoms with Crippen molar-refractivity contribution in [1.82, 2.24) is 9.97 Å². The second-order valence-electron chi connectivity index (χ2n) is 9.16. The smallest absolute Gasteiger partial charge is 0.349 e. The number of hydrogen-bond donors (Lipinski definition) is 0. The number of rotatable bonds is 6. The Morgan fingerprint density at radius 1 is 1.29 bits per heavy atom. The minimum atomic E-state index is -1.53. The van der Waals surface area contributed by atoms with Gasteiger partial charge < -0.3 is 18.8 Å². The first-order valence-electron chi connectivity index (χ1n) is 12.1. The first kappa shape index (κ1) is 25.8. The summed E-state index contributed by atoms with van der Waals surface area (Å²) < 4.78 is 44.2. The third kappa shape index (κ3) is 4.64. The fraction of sp³-hybridized carbons (Fsp3) is 0.321. The second kappa shape index (κ2) is 10.5. The van der Waals surface area contributed by atoms with Gasteiger partial charge in [-0.25, -0.2) is 19.2 Å². The first-order valence-corrected chi connectivity index (χ1v) is 13.6. The number of fused-ring (bicyclic) bond motifs is 2. The van der Waals surface area contributed by atoms with Gasteiger partial charge in [0.25, 0.3) is 0 Å². The normalized spacial score (nSPS) is 16.5. The van der Waals surface area contributed by atoms with Gasteiger partial charge in [0.1, 0.15) is 28.5 Å². The SMILES string of the molecule is C#CC1CCCN(c2nc(S(C)=O)nc3c(C)c(-c4cc(OCOC)cc5cccc(F)c45)oc(=O)c23)C1. The molecular formula is C28H26FN3O5S. The number of anilines is 1. The maximum absolute atomic E-state index is 15.1. The number of piperidine rings is 1. The molecule has 3 heterocycles. The summed E-state index contributed by atoms with van der Waals surface area (Å²) in [6, 6.07) is 7.96. The number of hydrogen-bond acceptors (Lipinski definition) is 8. The molecule has 0 radical (unpaired) electrons. The van der Waals surface area contributed by atoms with Crippen LogP contribution in [0.15, 0.2) is 44.7 Å². The summed E-state index contributed by atoms with van der Waals surface area (Å²) in [6.45, 7) is 2.86. The summed E-state index contributed by atoms with van der Waals surface area (Å²) in [7, 11) is -0.0305. The zero-order valence-corrected chi connectivity index (χ0v) is 22.1. The maximum Gasteiger partial charge on any atom is 0.349 e. The summed E-state index contributed by atoms with van der Waals surface area (Å²) in [5.74, 6) is 3.20. The minimum absolute atomic E-state index is 0.000861. The number of nitrogens with zero attached hydrogens (tertiary/aromatic N) is 3. The van der Waals surface area contributed by atoms with Crippen molar-refractivity contribution < 1.29 is 22.5 Å². The molecule has 2 aromatic heterocycles. The fourth-order valence-electron chi connectivity index (χ4n) is 4.88. The van der Waals surface area contributed by atoms with Crippen molar-refractivity contribution in [2.75, 3.05) is 38.1 Å². The molecule has 0 saturated carbocycles. The lowest BCUT2D eigenvalue weighted by Crippen LogP contribution is -2.36. The molecule has 5 rings (SSSR count). The number of methoxy groups -OCH3 is 1. The van der Waals surface area contributed by atoms with Gasteiger partial charge in [0.05, 0.1) is 16.3 Å². The number of benzene rings is 2. The van der Waals surface area contributed by atoms with E-state index in [9.17, 15) is 9.00 Å².